The topological polar surface area (TPSA) is 120 Å². The van der Waals surface area contributed by atoms with E-state index in [2.05, 4.69) is 0 Å². The maximum atomic E-state index is 0. The molecular formula is H4O4Y-. The molecule has 0 aliphatic carbocycles. The second kappa shape index (κ2) is 86.3. The smallest absolute Gasteiger partial charge is 0.870 e. The van der Waals surface area contributed by atoms with Crippen LogP contribution in [0.1, 0.15) is 0 Å². The van der Waals surface area contributed by atoms with Crippen LogP contribution in [0.15, 0.2) is 0 Å². The quantitative estimate of drug-likeness (QED) is 0.460. The molecule has 0 saturated heterocycles. The van der Waals surface area contributed by atoms with Crippen molar-refractivity contribution < 1.29 is 54.6 Å². The van der Waals surface area contributed by atoms with Crippen molar-refractivity contribution in [3.63, 3.8) is 0 Å². The Hall–Kier alpha value is 0.944. The first-order chi connectivity index (χ1) is 0. The van der Waals surface area contributed by atoms with E-state index in [4.69, 9.17) is 0 Å². The molecule has 0 aliphatic heterocycles. The molecule has 0 aromatic heterocycles. The van der Waals surface area contributed by atoms with Crippen LogP contribution in [0, 0.1) is 0 Å². The van der Waals surface area contributed by atoms with Gasteiger partial charge < -0.3 is 21.9 Å². The van der Waals surface area contributed by atoms with Gasteiger partial charge in [-0.05, 0) is 0 Å². The molecule has 0 fully saturated rings. The summed E-state index contributed by atoms with van der Waals surface area (Å²) >= 11 is 0. The maximum absolute atomic E-state index is 0. The van der Waals surface area contributed by atoms with Gasteiger partial charge in [0.15, 0.2) is 0 Å². The summed E-state index contributed by atoms with van der Waals surface area (Å²) in [6.45, 7) is 0. The van der Waals surface area contributed by atoms with Gasteiger partial charge in [-0.15, -0.1) is 0 Å². The Morgan fingerprint density at radius 2 is 0.400 bits per heavy atom. The summed E-state index contributed by atoms with van der Waals surface area (Å²) in [6, 6.07) is 0. The number of hydrogen-bond donors (Lipinski definition) is 0. The molecule has 0 spiro atoms. The van der Waals surface area contributed by atoms with Crippen LogP contribution in [0.5, 0.6) is 0 Å². The second-order valence-electron chi connectivity index (χ2n) is 0. The van der Waals surface area contributed by atoms with E-state index in [9.17, 15) is 0 Å². The average molecular weight is 157 g/mol. The van der Waals surface area contributed by atoms with Crippen molar-refractivity contribution in [1.82, 2.24) is 0 Å². The molecule has 0 heterocycles. The second-order valence-corrected chi connectivity index (χ2v) is 0. The van der Waals surface area contributed by atoms with Gasteiger partial charge in [0.2, 0.25) is 0 Å². The van der Waals surface area contributed by atoms with Gasteiger partial charge in [0.05, 0.1) is 0 Å². The third-order valence-electron chi connectivity index (χ3n) is 0. The molecular weight excluding hydrogens is 153 g/mol. The molecule has 0 radical (unpaired) electrons. The summed E-state index contributed by atoms with van der Waals surface area (Å²) in [4.78, 5) is 0. The van der Waals surface area contributed by atoms with Gasteiger partial charge in [0, 0.05) is 0 Å². The Morgan fingerprint density at radius 1 is 0.400 bits per heavy atom. The molecule has 32 valence electrons. The predicted molar refractivity (Wildman–Crippen MR) is 7.74 cm³/mol. The summed E-state index contributed by atoms with van der Waals surface area (Å²) in [5.74, 6) is 0. The van der Waals surface area contributed by atoms with E-state index in [0.717, 1.165) is 0 Å². The van der Waals surface area contributed by atoms with E-state index in [1.54, 1.807) is 0 Å². The molecule has 0 aliphatic rings. The third-order valence-corrected chi connectivity index (χ3v) is 0. The van der Waals surface area contributed by atoms with Crippen LogP contribution in [0.4, 0.5) is 0 Å². The van der Waals surface area contributed by atoms with Crippen LogP contribution < -0.4 is 0 Å². The van der Waals surface area contributed by atoms with Gasteiger partial charge in [0.25, 0.3) is 0 Å². The fourth-order valence-corrected chi connectivity index (χ4v) is 0. The zero-order valence-electron chi connectivity index (χ0n) is 2.37. The fourth-order valence-electron chi connectivity index (χ4n) is 0. The summed E-state index contributed by atoms with van der Waals surface area (Å²) in [7, 11) is 0. The molecule has 0 atom stereocenters. The summed E-state index contributed by atoms with van der Waals surface area (Å²) < 4.78 is 0. The van der Waals surface area contributed by atoms with Crippen LogP contribution in [0.2, 0.25) is 0 Å². The summed E-state index contributed by atoms with van der Waals surface area (Å²) in [5.41, 5.74) is 0. The average Bonchev–Trinajstić information content (AvgIpc) is 0. The first-order valence-electron chi connectivity index (χ1n) is 0. The van der Waals surface area contributed by atoms with E-state index in [1.165, 1.54) is 0 Å². The van der Waals surface area contributed by atoms with Crippen LogP contribution in [-0.4, -0.2) is 21.9 Å². The summed E-state index contributed by atoms with van der Waals surface area (Å²) in [5, 5.41) is 0. The third kappa shape index (κ3) is 48.1. The minimum absolute atomic E-state index is 0. The first-order valence-corrected chi connectivity index (χ1v) is 0. The van der Waals surface area contributed by atoms with Crippen LogP contribution >= 0.6 is 0 Å². The Balaban J connectivity index is 0. The minimum Gasteiger partial charge on any atom is -0.870 e. The van der Waals surface area contributed by atoms with Crippen LogP contribution in [0.25, 0.3) is 0 Å². The molecule has 4 N–H and O–H groups in total. The van der Waals surface area contributed by atoms with E-state index in [-0.39, 0.29) is 54.6 Å². The Morgan fingerprint density at radius 3 is 0.400 bits per heavy atom. The van der Waals surface area contributed by atoms with Gasteiger partial charge in [-0.2, -0.15) is 0 Å². The Labute approximate surface area is 54.7 Å². The van der Waals surface area contributed by atoms with Crippen LogP contribution in [-0.2, 0) is 32.7 Å². The van der Waals surface area contributed by atoms with Crippen molar-refractivity contribution in [1.29, 1.82) is 0 Å². The van der Waals surface area contributed by atoms with Crippen LogP contribution in [0.3, 0.4) is 0 Å². The normalized spacial score (nSPS) is 0. The summed E-state index contributed by atoms with van der Waals surface area (Å²) in [6.07, 6.45) is 0. The monoisotopic (exact) mass is 157 g/mol. The van der Waals surface area contributed by atoms with E-state index < -0.39 is 0 Å². The first kappa shape index (κ1) is 163. The number of hydrogen-bond acceptors (Lipinski definition) is 4. The standard InChI is InChI=1S/4H2O.Y/h4*1H2;/q;;;;+3/p-4. The van der Waals surface area contributed by atoms with Gasteiger partial charge in [-0.1, -0.05) is 0 Å². The molecule has 0 aromatic carbocycles. The molecule has 0 rings (SSSR count). The van der Waals surface area contributed by atoms with Crippen molar-refractivity contribution >= 4 is 0 Å². The minimum atomic E-state index is 0. The number of rotatable bonds is 0. The fraction of sp³-hybridized carbons (Fsp3) is 0. The van der Waals surface area contributed by atoms with Crippen molar-refractivity contribution in [2.45, 2.75) is 0 Å². The van der Waals surface area contributed by atoms with E-state index in [0.29, 0.717) is 0 Å². The molecule has 0 saturated carbocycles. The largest absolute Gasteiger partial charge is 3.00 e. The van der Waals surface area contributed by atoms with Crippen molar-refractivity contribution in [2.24, 2.45) is 0 Å². The van der Waals surface area contributed by atoms with Gasteiger partial charge in [0.1, 0.15) is 0 Å². The van der Waals surface area contributed by atoms with Crippen molar-refractivity contribution in [3.05, 3.63) is 0 Å². The molecule has 0 unspecified atom stereocenters. The zero-order chi connectivity index (χ0) is 0. The predicted octanol–water partition coefficient (Wildman–Crippen LogP) is -0.710. The van der Waals surface area contributed by atoms with Crippen molar-refractivity contribution in [2.75, 3.05) is 0 Å². The molecule has 0 bridgehead atoms. The zero-order valence-corrected chi connectivity index (χ0v) is 5.20. The molecule has 0 amide bonds. The SMILES string of the molecule is [OH-].[OH-].[OH-].[OH-].[Y+3]. The van der Waals surface area contributed by atoms with Crippen molar-refractivity contribution in [3.8, 4) is 0 Å². The van der Waals surface area contributed by atoms with E-state index in [1.807, 2.05) is 0 Å². The molecule has 4 nitrogen and oxygen atoms in total. The van der Waals surface area contributed by atoms with E-state index >= 15 is 0 Å². The Kier molecular flexibility index (Phi) is 2810. The van der Waals surface area contributed by atoms with Gasteiger partial charge in [-0.25, -0.2) is 0 Å². The Bertz CT molecular complexity index is 3.61. The molecule has 5 heavy (non-hydrogen) atoms. The molecule has 0 aromatic rings. The maximum Gasteiger partial charge on any atom is 3.00 e. The van der Waals surface area contributed by atoms with Gasteiger partial charge in [-0.3, -0.25) is 0 Å². The van der Waals surface area contributed by atoms with Gasteiger partial charge >= 0.3 is 32.7 Å². The molecule has 5 heteroatoms.